The Morgan fingerprint density at radius 3 is 1.92 bits per heavy atom. The summed E-state index contributed by atoms with van der Waals surface area (Å²) in [7, 11) is -1.30. The van der Waals surface area contributed by atoms with Gasteiger partial charge < -0.3 is 33.6 Å². The van der Waals surface area contributed by atoms with Gasteiger partial charge in [-0.15, -0.1) is 0 Å². The molecular weight excluding hydrogens is 992 g/mol. The number of amides is 3. The SMILES string of the molecule is CC(=O)N1c2ccc3c(c2CCC1(C)C)Oc1c(ccc2c1CCC(C)(C)N2C(C)=O)C31OC(=O)c2c(Cl)cc(C(=O)NCCCCCCOP(OCCC#N)N(C(C)C)C(C)C)c(I)c21. The number of ether oxygens (including phenoxy) is 2. The van der Waals surface area contributed by atoms with E-state index in [0.717, 1.165) is 48.2 Å². The molecular formula is C50H62ClIN5O8P. The van der Waals surface area contributed by atoms with Crippen LogP contribution in [0.15, 0.2) is 30.3 Å². The van der Waals surface area contributed by atoms with Crippen molar-refractivity contribution >= 4 is 77.8 Å². The third kappa shape index (κ3) is 8.98. The van der Waals surface area contributed by atoms with Crippen LogP contribution >= 0.6 is 42.7 Å². The maximum Gasteiger partial charge on any atom is 0.341 e. The van der Waals surface area contributed by atoms with Crippen molar-refractivity contribution < 1.29 is 37.7 Å². The minimum absolute atomic E-state index is 0.0991. The molecule has 0 fully saturated rings. The van der Waals surface area contributed by atoms with Gasteiger partial charge in [0.25, 0.3) is 14.4 Å². The molecule has 3 aromatic carbocycles. The third-order valence-electron chi connectivity index (χ3n) is 13.2. The van der Waals surface area contributed by atoms with Gasteiger partial charge >= 0.3 is 5.97 Å². The number of nitrogens with one attached hydrogen (secondary N) is 1. The van der Waals surface area contributed by atoms with Gasteiger partial charge in [-0.3, -0.25) is 14.4 Å². The van der Waals surface area contributed by atoms with Gasteiger partial charge in [0.2, 0.25) is 11.8 Å². The van der Waals surface area contributed by atoms with Gasteiger partial charge in [0.1, 0.15) is 11.5 Å². The number of hydrogen-bond acceptors (Lipinski definition) is 10. The molecule has 3 amide bonds. The Labute approximate surface area is 409 Å². The number of halogens is 2. The Morgan fingerprint density at radius 2 is 1.41 bits per heavy atom. The molecule has 1 spiro atoms. The number of nitrogens with zero attached hydrogens (tertiary/aromatic N) is 4. The number of nitriles is 1. The van der Waals surface area contributed by atoms with Crippen LogP contribution in [0.3, 0.4) is 0 Å². The van der Waals surface area contributed by atoms with Crippen LogP contribution < -0.4 is 19.9 Å². The molecule has 13 nitrogen and oxygen atoms in total. The van der Waals surface area contributed by atoms with Crippen LogP contribution in [0.5, 0.6) is 11.5 Å². The lowest BCUT2D eigenvalue weighted by Crippen LogP contribution is -2.50. The van der Waals surface area contributed by atoms with Crippen molar-refractivity contribution in [3.05, 3.63) is 77.9 Å². The Morgan fingerprint density at radius 1 is 0.879 bits per heavy atom. The number of unbranched alkanes of at least 4 members (excludes halogenated alkanes) is 3. The van der Waals surface area contributed by atoms with Gasteiger partial charge in [-0.1, -0.05) is 24.4 Å². The van der Waals surface area contributed by atoms with E-state index in [1.165, 1.54) is 0 Å². The molecule has 354 valence electrons. The standard InChI is InChI=1S/C50H62ClIN5O8P/c1-29(2)57(30(3)4)66(63-27-15-24-53)62-26-14-12-11-13-25-54-46(60)35-28-38(51)41-42(43(35)52)50(65-47(41)61)36-16-18-39-33(20-22-48(7,8)55(39)31(5)58)44(36)64-45-34-21-23-49(9,10)56(32(6)59)40(34)19-17-37(45)50/h16-19,28-30H,11-15,20-23,25-27H2,1-10H3,(H,54,60). The zero-order valence-corrected chi connectivity index (χ0v) is 43.6. The predicted molar refractivity (Wildman–Crippen MR) is 266 cm³/mol. The van der Waals surface area contributed by atoms with E-state index in [2.05, 4.69) is 66.3 Å². The summed E-state index contributed by atoms with van der Waals surface area (Å²) < 4.78 is 28.8. The molecule has 0 saturated carbocycles. The first-order valence-electron chi connectivity index (χ1n) is 23.1. The van der Waals surface area contributed by atoms with Gasteiger partial charge in [0.05, 0.1) is 53.2 Å². The Balaban J connectivity index is 1.20. The summed E-state index contributed by atoms with van der Waals surface area (Å²) in [6.45, 7) is 21.0. The number of anilines is 2. The second kappa shape index (κ2) is 19.6. The molecule has 7 rings (SSSR count). The van der Waals surface area contributed by atoms with Gasteiger partial charge in [-0.05, 0) is 147 Å². The Kier molecular flexibility index (Phi) is 14.9. The summed E-state index contributed by atoms with van der Waals surface area (Å²) in [6, 6.07) is 11.7. The third-order valence-corrected chi connectivity index (χ3v) is 16.7. The first-order chi connectivity index (χ1) is 31.2. The molecule has 0 saturated heterocycles. The monoisotopic (exact) mass is 1050 g/mol. The molecule has 4 aliphatic heterocycles. The van der Waals surface area contributed by atoms with E-state index in [0.29, 0.717) is 89.2 Å². The zero-order chi connectivity index (χ0) is 48.0. The molecule has 1 N–H and O–H groups in total. The molecule has 16 heteroatoms. The van der Waals surface area contributed by atoms with E-state index in [1.54, 1.807) is 19.9 Å². The van der Waals surface area contributed by atoms with Crippen LogP contribution in [-0.2, 0) is 41.8 Å². The van der Waals surface area contributed by atoms with E-state index in [9.17, 15) is 19.2 Å². The second-order valence-electron chi connectivity index (χ2n) is 19.4. The summed E-state index contributed by atoms with van der Waals surface area (Å²) in [5.74, 6) is -0.179. The maximum absolute atomic E-state index is 14.4. The largest absolute Gasteiger partial charge is 0.456 e. The molecule has 0 aromatic heterocycles. The van der Waals surface area contributed by atoms with Crippen molar-refractivity contribution in [2.45, 2.75) is 156 Å². The Bertz CT molecular complexity index is 2390. The zero-order valence-electron chi connectivity index (χ0n) is 39.8. The number of rotatable bonds is 15. The summed E-state index contributed by atoms with van der Waals surface area (Å²) in [5.41, 5.74) is 2.66. The van der Waals surface area contributed by atoms with Crippen LogP contribution in [-0.4, -0.2) is 71.3 Å². The lowest BCUT2D eigenvalue weighted by atomic mass is 9.73. The van der Waals surface area contributed by atoms with Crippen molar-refractivity contribution in [1.82, 2.24) is 9.99 Å². The highest BCUT2D eigenvalue weighted by Crippen LogP contribution is 2.62. The summed E-state index contributed by atoms with van der Waals surface area (Å²) in [6.07, 6.45) is 6.11. The predicted octanol–water partition coefficient (Wildman–Crippen LogP) is 11.3. The minimum Gasteiger partial charge on any atom is -0.456 e. The van der Waals surface area contributed by atoms with Crippen LogP contribution in [0.2, 0.25) is 5.02 Å². The number of hydrogen-bond donors (Lipinski definition) is 1. The molecule has 3 aromatic rings. The molecule has 66 heavy (non-hydrogen) atoms. The van der Waals surface area contributed by atoms with Gasteiger partial charge in [-0.2, -0.15) is 5.26 Å². The number of carbonyl (C=O) groups excluding carboxylic acids is 4. The fraction of sp³-hybridized carbons (Fsp3) is 0.540. The van der Waals surface area contributed by atoms with Gasteiger partial charge in [-0.25, -0.2) is 9.46 Å². The number of esters is 1. The summed E-state index contributed by atoms with van der Waals surface area (Å²) in [4.78, 5) is 58.8. The highest BCUT2D eigenvalue weighted by Gasteiger charge is 2.58. The van der Waals surface area contributed by atoms with Crippen molar-refractivity contribution in [2.75, 3.05) is 29.6 Å². The molecule has 0 bridgehead atoms. The minimum atomic E-state index is -1.58. The van der Waals surface area contributed by atoms with Gasteiger partial charge in [0.15, 0.2) is 5.60 Å². The summed E-state index contributed by atoms with van der Waals surface area (Å²) in [5, 5.41) is 12.2. The van der Waals surface area contributed by atoms with Crippen LogP contribution in [0.4, 0.5) is 11.4 Å². The molecule has 4 heterocycles. The highest BCUT2D eigenvalue weighted by atomic mass is 127. The van der Waals surface area contributed by atoms with E-state index in [1.807, 2.05) is 61.8 Å². The van der Waals surface area contributed by atoms with Crippen LogP contribution in [0, 0.1) is 14.9 Å². The fourth-order valence-corrected chi connectivity index (χ4v) is 13.3. The quantitative estimate of drug-likeness (QED) is 0.0674. The summed E-state index contributed by atoms with van der Waals surface area (Å²) >= 11 is 9.20. The number of fused-ring (bicyclic) bond motifs is 10. The molecule has 1 unspecified atom stereocenters. The molecule has 4 aliphatic rings. The van der Waals surface area contributed by atoms with Crippen molar-refractivity contribution in [2.24, 2.45) is 0 Å². The topological polar surface area (TPSA) is 151 Å². The van der Waals surface area contributed by atoms with Crippen LogP contribution in [0.1, 0.15) is 163 Å². The normalized spacial score (nSPS) is 17.6. The average Bonchev–Trinajstić information content (AvgIpc) is 3.54. The Hall–Kier alpha value is -3.84. The van der Waals surface area contributed by atoms with Gasteiger partial charge in [0, 0.05) is 74.9 Å². The van der Waals surface area contributed by atoms with Crippen LogP contribution in [0.25, 0.3) is 0 Å². The molecule has 0 aliphatic carbocycles. The van der Waals surface area contributed by atoms with E-state index in [-0.39, 0.29) is 40.4 Å². The van der Waals surface area contributed by atoms with E-state index in [4.69, 9.17) is 35.4 Å². The molecule has 1 atom stereocenters. The van der Waals surface area contributed by atoms with E-state index >= 15 is 0 Å². The highest BCUT2D eigenvalue weighted by molar-refractivity contribution is 14.1. The lowest BCUT2D eigenvalue weighted by molar-refractivity contribution is -0.118. The first kappa shape index (κ1) is 50.0. The average molecular weight is 1050 g/mol. The molecule has 0 radical (unpaired) electrons. The van der Waals surface area contributed by atoms with Crippen molar-refractivity contribution in [1.29, 1.82) is 5.26 Å². The lowest BCUT2D eigenvalue weighted by Gasteiger charge is -2.47. The first-order valence-corrected chi connectivity index (χ1v) is 25.7. The second-order valence-corrected chi connectivity index (χ2v) is 22.3. The fourth-order valence-electron chi connectivity index (χ4n) is 10.4. The van der Waals surface area contributed by atoms with E-state index < -0.39 is 31.2 Å². The smallest absolute Gasteiger partial charge is 0.341 e. The van der Waals surface area contributed by atoms with Crippen molar-refractivity contribution in [3.8, 4) is 17.6 Å². The maximum atomic E-state index is 14.4. The number of benzene rings is 3. The van der Waals surface area contributed by atoms with Crippen molar-refractivity contribution in [3.63, 3.8) is 0 Å². The number of carbonyl (C=O) groups is 4.